The number of ether oxygens (including phenoxy) is 1. The minimum absolute atomic E-state index is 0.152. The molecule has 1 heterocycles. The average Bonchev–Trinajstić information content (AvgIpc) is 3.03. The topological polar surface area (TPSA) is 89.4 Å². The quantitative estimate of drug-likeness (QED) is 0.445. The molecule has 0 aliphatic heterocycles. The number of anilines is 1. The van der Waals surface area contributed by atoms with Crippen molar-refractivity contribution >= 4 is 23.3 Å². The molecule has 0 radical (unpaired) electrons. The van der Waals surface area contributed by atoms with Crippen LogP contribution in [0, 0.1) is 32.0 Å². The highest BCUT2D eigenvalue weighted by Gasteiger charge is 2.34. The first-order chi connectivity index (χ1) is 16.1. The summed E-state index contributed by atoms with van der Waals surface area (Å²) in [4.78, 5) is 39.0. The van der Waals surface area contributed by atoms with Crippen molar-refractivity contribution in [1.29, 1.82) is 0 Å². The van der Waals surface area contributed by atoms with Gasteiger partial charge >= 0.3 is 0 Å². The number of hydrogen-bond acceptors (Lipinski definition) is 4. The van der Waals surface area contributed by atoms with Crippen LogP contribution in [0.25, 0.3) is 0 Å². The van der Waals surface area contributed by atoms with E-state index < -0.39 is 17.6 Å². The second kappa shape index (κ2) is 10.5. The Kier molecular flexibility index (Phi) is 7.92. The standard InChI is InChI=1S/C26H34FN3O4/c1-16-13-19(9-10-20(16)27)29-24(32)21-17(2)22(30(4)18(21)3)23(31)25(33)28-14-26(15-34-5)11-7-6-8-12-26/h9-10,13H,6-8,11-12,14-15H2,1-5H3,(H,28,33)(H,29,32). The van der Waals surface area contributed by atoms with E-state index in [1.165, 1.54) is 18.6 Å². The minimum atomic E-state index is -0.689. The third kappa shape index (κ3) is 5.22. The Morgan fingerprint density at radius 1 is 1.12 bits per heavy atom. The molecule has 2 aromatic rings. The molecule has 0 bridgehead atoms. The van der Waals surface area contributed by atoms with Crippen LogP contribution in [0.2, 0.25) is 0 Å². The summed E-state index contributed by atoms with van der Waals surface area (Å²) < 4.78 is 20.5. The highest BCUT2D eigenvalue weighted by atomic mass is 19.1. The molecule has 184 valence electrons. The highest BCUT2D eigenvalue weighted by Crippen LogP contribution is 2.36. The molecule has 2 N–H and O–H groups in total. The van der Waals surface area contributed by atoms with Gasteiger partial charge in [-0.3, -0.25) is 14.4 Å². The molecule has 7 nitrogen and oxygen atoms in total. The zero-order valence-corrected chi connectivity index (χ0v) is 20.6. The first-order valence-electron chi connectivity index (χ1n) is 11.6. The first-order valence-corrected chi connectivity index (χ1v) is 11.6. The van der Waals surface area contributed by atoms with Crippen LogP contribution in [0.1, 0.15) is 69.8 Å². The number of benzene rings is 1. The summed E-state index contributed by atoms with van der Waals surface area (Å²) >= 11 is 0. The van der Waals surface area contributed by atoms with E-state index in [2.05, 4.69) is 10.6 Å². The number of methoxy groups -OCH3 is 1. The van der Waals surface area contributed by atoms with Gasteiger partial charge in [-0.25, -0.2) is 4.39 Å². The van der Waals surface area contributed by atoms with Crippen LogP contribution in [0.15, 0.2) is 18.2 Å². The number of amides is 2. The lowest BCUT2D eigenvalue weighted by molar-refractivity contribution is -0.118. The summed E-state index contributed by atoms with van der Waals surface area (Å²) in [6, 6.07) is 4.31. The summed E-state index contributed by atoms with van der Waals surface area (Å²) in [5, 5.41) is 5.58. The Bertz CT molecular complexity index is 1090. The van der Waals surface area contributed by atoms with Gasteiger partial charge in [0.2, 0.25) is 0 Å². The molecule has 0 atom stereocenters. The van der Waals surface area contributed by atoms with Crippen molar-refractivity contribution in [2.45, 2.75) is 52.9 Å². The summed E-state index contributed by atoms with van der Waals surface area (Å²) in [6.07, 6.45) is 5.22. The van der Waals surface area contributed by atoms with Crippen molar-refractivity contribution in [2.24, 2.45) is 12.5 Å². The van der Waals surface area contributed by atoms with Crippen LogP contribution in [0.4, 0.5) is 10.1 Å². The van der Waals surface area contributed by atoms with Gasteiger partial charge in [0.15, 0.2) is 0 Å². The van der Waals surface area contributed by atoms with Gasteiger partial charge in [0, 0.05) is 37.5 Å². The summed E-state index contributed by atoms with van der Waals surface area (Å²) in [7, 11) is 3.31. The fourth-order valence-corrected chi connectivity index (χ4v) is 4.99. The third-order valence-corrected chi connectivity index (χ3v) is 6.98. The van der Waals surface area contributed by atoms with E-state index in [9.17, 15) is 18.8 Å². The number of carbonyl (C=O) groups excluding carboxylic acids is 3. The second-order valence-electron chi connectivity index (χ2n) is 9.42. The molecule has 1 fully saturated rings. The highest BCUT2D eigenvalue weighted by molar-refractivity contribution is 6.43. The lowest BCUT2D eigenvalue weighted by Crippen LogP contribution is -2.44. The fourth-order valence-electron chi connectivity index (χ4n) is 4.99. The van der Waals surface area contributed by atoms with Crippen LogP contribution in [-0.2, 0) is 16.6 Å². The molecule has 3 rings (SSSR count). The maximum atomic E-state index is 13.6. The van der Waals surface area contributed by atoms with Crippen LogP contribution in [0.3, 0.4) is 0 Å². The molecule has 1 aromatic carbocycles. The number of nitrogens with one attached hydrogen (secondary N) is 2. The van der Waals surface area contributed by atoms with E-state index in [1.54, 1.807) is 45.6 Å². The molecule has 1 saturated carbocycles. The van der Waals surface area contributed by atoms with E-state index >= 15 is 0 Å². The van der Waals surface area contributed by atoms with Gasteiger partial charge in [0.1, 0.15) is 5.82 Å². The number of hydrogen-bond donors (Lipinski definition) is 2. The lowest BCUT2D eigenvalue weighted by atomic mass is 9.74. The smallest absolute Gasteiger partial charge is 0.294 e. The van der Waals surface area contributed by atoms with Crippen molar-refractivity contribution in [2.75, 3.05) is 25.6 Å². The van der Waals surface area contributed by atoms with Crippen molar-refractivity contribution in [3.8, 4) is 0 Å². The minimum Gasteiger partial charge on any atom is -0.384 e. The lowest BCUT2D eigenvalue weighted by Gasteiger charge is -2.36. The van der Waals surface area contributed by atoms with Gasteiger partial charge in [0.25, 0.3) is 17.6 Å². The van der Waals surface area contributed by atoms with Crippen LogP contribution >= 0.6 is 0 Å². The van der Waals surface area contributed by atoms with E-state index in [0.29, 0.717) is 41.2 Å². The third-order valence-electron chi connectivity index (χ3n) is 6.98. The predicted octanol–water partition coefficient (Wildman–Crippen LogP) is 4.24. The summed E-state index contributed by atoms with van der Waals surface area (Å²) in [5.74, 6) is -2.14. The SMILES string of the molecule is COCC1(CNC(=O)C(=O)c2c(C)c(C(=O)Nc3ccc(F)c(C)c3)c(C)n2C)CCCCC1. The Hall–Kier alpha value is -3.00. The van der Waals surface area contributed by atoms with Crippen molar-refractivity contribution in [3.63, 3.8) is 0 Å². The Balaban J connectivity index is 1.78. The fraction of sp³-hybridized carbons (Fsp3) is 0.500. The average molecular weight is 472 g/mol. The van der Waals surface area contributed by atoms with Gasteiger partial charge in [-0.15, -0.1) is 0 Å². The molecule has 2 amide bonds. The molecule has 1 aliphatic rings. The number of aryl methyl sites for hydroxylation is 1. The maximum absolute atomic E-state index is 13.6. The number of aromatic nitrogens is 1. The second-order valence-corrected chi connectivity index (χ2v) is 9.42. The molecule has 0 spiro atoms. The molecule has 8 heteroatoms. The number of Topliss-reactive ketones (excluding diaryl/α,β-unsaturated/α-hetero) is 1. The van der Waals surface area contributed by atoms with Gasteiger partial charge < -0.3 is 19.9 Å². The van der Waals surface area contributed by atoms with Crippen molar-refractivity contribution in [1.82, 2.24) is 9.88 Å². The monoisotopic (exact) mass is 471 g/mol. The van der Waals surface area contributed by atoms with Gasteiger partial charge in [-0.1, -0.05) is 19.3 Å². The molecular weight excluding hydrogens is 437 g/mol. The molecular formula is C26H34FN3O4. The first kappa shape index (κ1) is 25.6. The van der Waals surface area contributed by atoms with Gasteiger partial charge in [-0.2, -0.15) is 0 Å². The number of halogens is 1. The maximum Gasteiger partial charge on any atom is 0.294 e. The number of rotatable bonds is 8. The van der Waals surface area contributed by atoms with Crippen LogP contribution in [-0.4, -0.2) is 42.4 Å². The largest absolute Gasteiger partial charge is 0.384 e. The predicted molar refractivity (Wildman–Crippen MR) is 129 cm³/mol. The van der Waals surface area contributed by atoms with Gasteiger partial charge in [-0.05, 0) is 62.9 Å². The molecule has 0 saturated heterocycles. The summed E-state index contributed by atoms with van der Waals surface area (Å²) in [6.45, 7) is 5.92. The number of ketones is 1. The van der Waals surface area contributed by atoms with Crippen molar-refractivity contribution < 1.29 is 23.5 Å². The Labute approximate surface area is 200 Å². The number of nitrogens with zero attached hydrogens (tertiary/aromatic N) is 1. The van der Waals surface area contributed by atoms with Crippen molar-refractivity contribution in [3.05, 3.63) is 52.1 Å². The summed E-state index contributed by atoms with van der Waals surface area (Å²) in [5.41, 5.74) is 2.21. The molecule has 0 unspecified atom stereocenters. The van der Waals surface area contributed by atoms with Crippen LogP contribution < -0.4 is 10.6 Å². The normalized spacial score (nSPS) is 15.1. The molecule has 1 aliphatic carbocycles. The number of carbonyl (C=O) groups is 3. The Morgan fingerprint density at radius 2 is 1.79 bits per heavy atom. The molecule has 34 heavy (non-hydrogen) atoms. The molecule has 1 aromatic heterocycles. The zero-order chi connectivity index (χ0) is 25.0. The van der Waals surface area contributed by atoms with E-state index in [0.717, 1.165) is 25.7 Å². The Morgan fingerprint density at radius 3 is 2.41 bits per heavy atom. The van der Waals surface area contributed by atoms with E-state index in [-0.39, 0.29) is 16.9 Å². The van der Waals surface area contributed by atoms with Crippen LogP contribution in [0.5, 0.6) is 0 Å². The van der Waals surface area contributed by atoms with Gasteiger partial charge in [0.05, 0.1) is 17.9 Å². The zero-order valence-electron chi connectivity index (χ0n) is 20.6. The van der Waals surface area contributed by atoms with E-state index in [1.807, 2.05) is 0 Å². The van der Waals surface area contributed by atoms with E-state index in [4.69, 9.17) is 4.74 Å².